The lowest BCUT2D eigenvalue weighted by Crippen LogP contribution is -2.47. The van der Waals surface area contributed by atoms with E-state index in [-0.39, 0.29) is 17.1 Å². The molecule has 20 nitrogen and oxygen atoms in total. The van der Waals surface area contributed by atoms with Crippen molar-refractivity contribution in [3.8, 4) is 17.1 Å². The normalized spacial score (nSPS) is 15.7. The Hall–Kier alpha value is -8.36. The highest BCUT2D eigenvalue weighted by atomic mass is 16.5. The van der Waals surface area contributed by atoms with E-state index in [1.165, 1.54) is 22.6 Å². The largest absolute Gasteiger partial charge is 0.495 e. The van der Waals surface area contributed by atoms with Gasteiger partial charge in [-0.05, 0) is 92.0 Å². The molecular weight excluding hydrogens is 887 g/mol. The van der Waals surface area contributed by atoms with Crippen molar-refractivity contribution in [1.29, 1.82) is 0 Å². The average Bonchev–Trinajstić information content (AvgIpc) is 3.39. The zero-order valence-electron chi connectivity index (χ0n) is 39.0. The van der Waals surface area contributed by atoms with Gasteiger partial charge in [0.05, 0.1) is 42.8 Å². The molecule has 0 aliphatic carbocycles. The second-order valence-electron chi connectivity index (χ2n) is 17.6. The van der Waals surface area contributed by atoms with Gasteiger partial charge in [-0.3, -0.25) is 18.7 Å². The molecule has 20 heteroatoms. The van der Waals surface area contributed by atoms with Crippen LogP contribution in [0.1, 0.15) is 0 Å². The van der Waals surface area contributed by atoms with Gasteiger partial charge in [0.2, 0.25) is 11.9 Å². The lowest BCUT2D eigenvalue weighted by molar-refractivity contribution is 0.313. The van der Waals surface area contributed by atoms with E-state index in [0.29, 0.717) is 88.8 Å². The van der Waals surface area contributed by atoms with Crippen LogP contribution in [-0.2, 0) is 0 Å². The maximum absolute atomic E-state index is 13.8. The van der Waals surface area contributed by atoms with E-state index in [1.807, 2.05) is 42.5 Å². The van der Waals surface area contributed by atoms with Gasteiger partial charge >= 0.3 is 0 Å². The van der Waals surface area contributed by atoms with Crippen molar-refractivity contribution < 1.29 is 4.74 Å². The first kappa shape index (κ1) is 44.2. The Bertz CT molecular complexity index is 3290. The Kier molecular flexibility index (Phi) is 12.0. The van der Waals surface area contributed by atoms with Crippen molar-refractivity contribution in [3.05, 3.63) is 130 Å². The van der Waals surface area contributed by atoms with Crippen molar-refractivity contribution in [2.45, 2.75) is 0 Å². The average molecular weight is 940 g/mol. The van der Waals surface area contributed by atoms with Gasteiger partial charge in [0, 0.05) is 113 Å². The minimum absolute atomic E-state index is 0.285. The number of nitrogens with zero attached hydrogens (tertiary/aromatic N) is 13. The number of nitrogens with two attached hydrogens (primary N) is 1. The molecule has 356 valence electrons. The van der Waals surface area contributed by atoms with E-state index in [0.717, 1.165) is 69.4 Å². The summed E-state index contributed by atoms with van der Waals surface area (Å²) < 4.78 is 9.07. The van der Waals surface area contributed by atoms with Crippen molar-refractivity contribution in [3.63, 3.8) is 0 Å². The van der Waals surface area contributed by atoms with Crippen LogP contribution >= 0.6 is 0 Å². The number of hydrogen-bond acceptors (Lipinski definition) is 18. The number of piperazine rings is 3. The summed E-state index contributed by atoms with van der Waals surface area (Å²) in [5.41, 5.74) is 13.7. The quantitative estimate of drug-likeness (QED) is 0.134. The van der Waals surface area contributed by atoms with Crippen LogP contribution in [0.25, 0.3) is 33.7 Å². The van der Waals surface area contributed by atoms with Gasteiger partial charge in [-0.25, -0.2) is 15.0 Å². The number of hydrogen-bond donors (Lipinski definition) is 4. The van der Waals surface area contributed by atoms with Crippen LogP contribution in [0.2, 0.25) is 0 Å². The molecule has 0 saturated carbocycles. The Balaban J connectivity index is 0.864. The molecule has 0 radical (unpaired) electrons. The monoisotopic (exact) mass is 939 g/mol. The molecule has 3 aliphatic heterocycles. The minimum Gasteiger partial charge on any atom is -0.495 e. The van der Waals surface area contributed by atoms with Gasteiger partial charge in [0.25, 0.3) is 11.1 Å². The van der Waals surface area contributed by atoms with Crippen molar-refractivity contribution in [2.24, 2.45) is 0 Å². The lowest BCUT2D eigenvalue weighted by Gasteiger charge is -2.37. The molecule has 4 aromatic carbocycles. The van der Waals surface area contributed by atoms with E-state index >= 15 is 0 Å². The Morgan fingerprint density at radius 1 is 0.557 bits per heavy atom. The van der Waals surface area contributed by atoms with Crippen LogP contribution in [0.3, 0.4) is 0 Å². The Morgan fingerprint density at radius 3 is 1.81 bits per heavy atom. The lowest BCUT2D eigenvalue weighted by atomic mass is 10.2. The summed E-state index contributed by atoms with van der Waals surface area (Å²) in [6, 6.07) is 29.3. The van der Waals surface area contributed by atoms with E-state index in [2.05, 4.69) is 81.7 Å². The zero-order valence-corrected chi connectivity index (χ0v) is 39.0. The number of rotatable bonds is 11. The number of benzene rings is 4. The second-order valence-corrected chi connectivity index (χ2v) is 17.6. The first-order valence-electron chi connectivity index (χ1n) is 23.5. The minimum atomic E-state index is -0.330. The molecule has 0 spiro atoms. The van der Waals surface area contributed by atoms with Crippen molar-refractivity contribution in [2.75, 3.05) is 129 Å². The SMILES string of the molecule is COc1cc(Nc2ncc3ncc(=O)n(-c4ccc(N)cc4)c3n2)ccc1N1CCN(c2nc(Nc3ccc(N4CCN(C)CC4)cc3)nc3c2ncc(=O)n3-c2ccc(N3CCNCC3)cc2)CC1. The highest BCUT2D eigenvalue weighted by Gasteiger charge is 2.26. The fraction of sp³-hybridized carbons (Fsp3) is 0.280. The zero-order chi connectivity index (χ0) is 47.7. The summed E-state index contributed by atoms with van der Waals surface area (Å²) in [6.45, 7) is 10.2. The standard InChI is InChI=1S/C50H53N17O3/c1-61-21-23-63(24-22-61)36-10-5-34(6-11-36)56-50-59-47(45-48(60-50)67(44(69)32-54-45)39-14-12-37(13-15-39)62-19-17-52-18-20-62)65-27-25-64(26-28-65)41-16-7-35(29-42(41)70-2)57-49-55-30-40-46(58-49)66(43(68)31-53-40)38-8-3-33(51)4-9-38/h3-16,29-32,52H,17-28,51H2,1-2H3,(H,55,57,58)(H,56,59,60). The number of likely N-dealkylation sites (N-methyl/N-ethyl adjacent to an activating group) is 1. The van der Waals surface area contributed by atoms with E-state index < -0.39 is 0 Å². The first-order chi connectivity index (χ1) is 34.2. The van der Waals surface area contributed by atoms with Crippen LogP contribution in [0.4, 0.5) is 51.8 Å². The third kappa shape index (κ3) is 8.92. The van der Waals surface area contributed by atoms with Gasteiger partial charge in [0.15, 0.2) is 17.1 Å². The van der Waals surface area contributed by atoms with Crippen LogP contribution in [0.15, 0.2) is 119 Å². The third-order valence-corrected chi connectivity index (χ3v) is 13.2. The van der Waals surface area contributed by atoms with Crippen molar-refractivity contribution in [1.82, 2.24) is 49.3 Å². The van der Waals surface area contributed by atoms with Gasteiger partial charge in [0.1, 0.15) is 16.8 Å². The van der Waals surface area contributed by atoms with Crippen LogP contribution in [0, 0.1) is 0 Å². The number of aromatic nitrogens is 8. The predicted molar refractivity (Wildman–Crippen MR) is 275 cm³/mol. The van der Waals surface area contributed by atoms with Gasteiger partial charge in [-0.15, -0.1) is 0 Å². The third-order valence-electron chi connectivity index (χ3n) is 13.2. The molecule has 4 aromatic heterocycles. The second kappa shape index (κ2) is 19.0. The molecule has 8 aromatic rings. The van der Waals surface area contributed by atoms with Crippen molar-refractivity contribution >= 4 is 74.2 Å². The van der Waals surface area contributed by atoms with Gasteiger partial charge in [-0.2, -0.15) is 15.0 Å². The molecule has 3 aliphatic rings. The fourth-order valence-electron chi connectivity index (χ4n) is 9.34. The first-order valence-corrected chi connectivity index (χ1v) is 23.5. The van der Waals surface area contributed by atoms with Crippen LogP contribution < -0.4 is 57.1 Å². The number of nitrogens with one attached hydrogen (secondary N) is 3. The van der Waals surface area contributed by atoms with E-state index in [4.69, 9.17) is 30.4 Å². The summed E-state index contributed by atoms with van der Waals surface area (Å²) >= 11 is 0. The summed E-state index contributed by atoms with van der Waals surface area (Å²) in [6.07, 6.45) is 4.19. The molecule has 0 unspecified atom stereocenters. The molecule has 3 fully saturated rings. The van der Waals surface area contributed by atoms with Crippen LogP contribution in [0.5, 0.6) is 5.75 Å². The number of ether oxygens (including phenoxy) is 1. The molecule has 0 bridgehead atoms. The maximum Gasteiger partial charge on any atom is 0.275 e. The molecule has 0 amide bonds. The molecule has 0 atom stereocenters. The summed E-state index contributed by atoms with van der Waals surface area (Å²) in [7, 11) is 3.80. The Labute approximate surface area is 403 Å². The molecule has 7 heterocycles. The van der Waals surface area contributed by atoms with Gasteiger partial charge < -0.3 is 50.9 Å². The van der Waals surface area contributed by atoms with E-state index in [9.17, 15) is 9.59 Å². The molecule has 3 saturated heterocycles. The highest BCUT2D eigenvalue weighted by molar-refractivity contribution is 5.86. The van der Waals surface area contributed by atoms with Gasteiger partial charge in [-0.1, -0.05) is 0 Å². The number of nitrogen functional groups attached to an aromatic ring is 1. The summed E-state index contributed by atoms with van der Waals surface area (Å²) in [4.78, 5) is 66.7. The fourth-order valence-corrected chi connectivity index (χ4v) is 9.34. The van der Waals surface area contributed by atoms with Crippen LogP contribution in [-0.4, -0.2) is 137 Å². The van der Waals surface area contributed by atoms with E-state index in [1.54, 1.807) is 42.1 Å². The summed E-state index contributed by atoms with van der Waals surface area (Å²) in [5, 5.41) is 10.2. The summed E-state index contributed by atoms with van der Waals surface area (Å²) in [5.74, 6) is 1.94. The topological polar surface area (TPSA) is 209 Å². The number of methoxy groups -OCH3 is 1. The smallest absolute Gasteiger partial charge is 0.275 e. The molecule has 5 N–H and O–H groups in total. The predicted octanol–water partition coefficient (Wildman–Crippen LogP) is 4.23. The molecule has 70 heavy (non-hydrogen) atoms. The number of anilines is 9. The highest BCUT2D eigenvalue weighted by Crippen LogP contribution is 2.35. The molecule has 11 rings (SSSR count). The number of fused-ring (bicyclic) bond motifs is 2. The molecular formula is C50H53N17O3. The Morgan fingerprint density at radius 2 is 1.11 bits per heavy atom. The maximum atomic E-state index is 13.8.